The van der Waals surface area contributed by atoms with Gasteiger partial charge in [0.15, 0.2) is 0 Å². The van der Waals surface area contributed by atoms with Gasteiger partial charge in [0.25, 0.3) is 0 Å². The van der Waals surface area contributed by atoms with E-state index >= 15 is 0 Å². The van der Waals surface area contributed by atoms with Gasteiger partial charge in [-0.2, -0.15) is 0 Å². The molecule has 1 aromatic carbocycles. The Hall–Kier alpha value is -2.37. The van der Waals surface area contributed by atoms with E-state index in [-0.39, 0.29) is 30.8 Å². The maximum atomic E-state index is 12.5. The van der Waals surface area contributed by atoms with Crippen molar-refractivity contribution in [2.75, 3.05) is 20.1 Å². The fourth-order valence-electron chi connectivity index (χ4n) is 3.07. The Balaban J connectivity index is 2.01. The van der Waals surface area contributed by atoms with Gasteiger partial charge in [0.2, 0.25) is 11.8 Å². The van der Waals surface area contributed by atoms with Crippen LogP contribution in [0.25, 0.3) is 0 Å². The van der Waals surface area contributed by atoms with E-state index in [1.54, 1.807) is 18.9 Å². The normalized spacial score (nSPS) is 19.9. The van der Waals surface area contributed by atoms with Crippen LogP contribution < -0.4 is 0 Å². The van der Waals surface area contributed by atoms with Gasteiger partial charge >= 0.3 is 5.97 Å². The monoisotopic (exact) mass is 332 g/mol. The molecular weight excluding hydrogens is 308 g/mol. The summed E-state index contributed by atoms with van der Waals surface area (Å²) in [6, 6.07) is 9.63. The third kappa shape index (κ3) is 3.93. The number of hydrogen-bond acceptors (Lipinski definition) is 3. The molecule has 130 valence electrons. The second-order valence-electron chi connectivity index (χ2n) is 6.49. The van der Waals surface area contributed by atoms with Crippen molar-refractivity contribution in [3.63, 3.8) is 0 Å². The zero-order chi connectivity index (χ0) is 17.9. The summed E-state index contributed by atoms with van der Waals surface area (Å²) in [6.45, 7) is 4.04. The van der Waals surface area contributed by atoms with E-state index in [1.165, 1.54) is 4.90 Å². The highest BCUT2D eigenvalue weighted by Crippen LogP contribution is 2.29. The summed E-state index contributed by atoms with van der Waals surface area (Å²) >= 11 is 0. The van der Waals surface area contributed by atoms with E-state index in [2.05, 4.69) is 0 Å². The number of nitrogens with zero attached hydrogens (tertiary/aromatic N) is 2. The Bertz CT molecular complexity index is 617. The molecule has 6 nitrogen and oxygen atoms in total. The maximum Gasteiger partial charge on any atom is 0.308 e. The average molecular weight is 332 g/mol. The molecule has 6 heteroatoms. The Kier molecular flexibility index (Phi) is 5.59. The third-order valence-electron chi connectivity index (χ3n) is 4.60. The van der Waals surface area contributed by atoms with E-state index in [0.717, 1.165) is 5.56 Å². The molecular formula is C18H24N2O4. The lowest BCUT2D eigenvalue weighted by Crippen LogP contribution is -2.38. The molecule has 1 N–H and O–H groups in total. The minimum atomic E-state index is -0.934. The van der Waals surface area contributed by atoms with Crippen LogP contribution in [0.1, 0.15) is 31.9 Å². The minimum absolute atomic E-state index is 0.0376. The van der Waals surface area contributed by atoms with Gasteiger partial charge in [0, 0.05) is 26.6 Å². The first-order valence-electron chi connectivity index (χ1n) is 8.13. The largest absolute Gasteiger partial charge is 0.481 e. The van der Waals surface area contributed by atoms with Crippen LogP contribution in [-0.2, 0) is 14.4 Å². The van der Waals surface area contributed by atoms with Crippen LogP contribution in [0.15, 0.2) is 30.3 Å². The zero-order valence-corrected chi connectivity index (χ0v) is 14.3. The quantitative estimate of drug-likeness (QED) is 0.861. The lowest BCUT2D eigenvalue weighted by molar-refractivity contribution is -0.143. The second-order valence-corrected chi connectivity index (χ2v) is 6.49. The van der Waals surface area contributed by atoms with E-state index in [9.17, 15) is 14.4 Å². The van der Waals surface area contributed by atoms with Crippen molar-refractivity contribution in [3.8, 4) is 0 Å². The summed E-state index contributed by atoms with van der Waals surface area (Å²) < 4.78 is 0. The van der Waals surface area contributed by atoms with Crippen molar-refractivity contribution in [1.29, 1.82) is 0 Å². The van der Waals surface area contributed by atoms with Gasteiger partial charge in [-0.15, -0.1) is 0 Å². The fraction of sp³-hybridized carbons (Fsp3) is 0.500. The molecule has 1 fully saturated rings. The van der Waals surface area contributed by atoms with Gasteiger partial charge in [-0.25, -0.2) is 0 Å². The molecule has 0 aromatic heterocycles. The Morgan fingerprint density at radius 2 is 1.92 bits per heavy atom. The van der Waals surface area contributed by atoms with Crippen molar-refractivity contribution in [3.05, 3.63) is 35.9 Å². The highest BCUT2D eigenvalue weighted by Gasteiger charge is 2.38. The molecule has 0 saturated carbocycles. The molecule has 0 unspecified atom stereocenters. The molecule has 2 rings (SSSR count). The molecule has 3 atom stereocenters. The molecule has 0 spiro atoms. The number of rotatable bonds is 6. The molecule has 0 bridgehead atoms. The summed E-state index contributed by atoms with van der Waals surface area (Å²) in [6.07, 6.45) is 0.182. The number of aliphatic carboxylic acids is 1. The number of carbonyl (C=O) groups excluding carboxylic acids is 2. The van der Waals surface area contributed by atoms with E-state index in [0.29, 0.717) is 6.54 Å². The van der Waals surface area contributed by atoms with Crippen LogP contribution in [0.5, 0.6) is 0 Å². The molecule has 1 aliphatic heterocycles. The maximum absolute atomic E-state index is 12.5. The predicted octanol–water partition coefficient (Wildman–Crippen LogP) is 1.78. The van der Waals surface area contributed by atoms with Crippen LogP contribution >= 0.6 is 0 Å². The summed E-state index contributed by atoms with van der Waals surface area (Å²) in [5.41, 5.74) is 1.03. The number of likely N-dealkylation sites (tertiary alicyclic amines) is 1. The topological polar surface area (TPSA) is 77.9 Å². The molecule has 1 heterocycles. The predicted molar refractivity (Wildman–Crippen MR) is 89.1 cm³/mol. The molecule has 1 saturated heterocycles. The van der Waals surface area contributed by atoms with Gasteiger partial charge < -0.3 is 14.9 Å². The van der Waals surface area contributed by atoms with E-state index in [1.807, 2.05) is 37.3 Å². The van der Waals surface area contributed by atoms with Gasteiger partial charge in [-0.3, -0.25) is 14.4 Å². The number of carboxylic acid groups (broad SMARTS) is 1. The van der Waals surface area contributed by atoms with Crippen molar-refractivity contribution >= 4 is 17.8 Å². The SMILES string of the molecule is C[C@H](CN(C)C(=O)[C@@H]1CC(=O)N([C@H](C)c2ccccc2)C1)C(=O)O. The number of amides is 2. The standard InChI is InChI=1S/C18H24N2O4/c1-12(18(23)24)10-19(3)17(22)15-9-16(21)20(11-15)13(2)14-7-5-4-6-8-14/h4-8,12-13,15H,9-11H2,1-3H3,(H,23,24)/t12-,13-,15-/m1/s1. The van der Waals surface area contributed by atoms with Crippen molar-refractivity contribution < 1.29 is 19.5 Å². The lowest BCUT2D eigenvalue weighted by Gasteiger charge is -2.26. The highest BCUT2D eigenvalue weighted by molar-refractivity contribution is 5.89. The number of hydrogen-bond donors (Lipinski definition) is 1. The van der Waals surface area contributed by atoms with Gasteiger partial charge in [-0.05, 0) is 12.5 Å². The lowest BCUT2D eigenvalue weighted by atomic mass is 10.1. The first-order valence-corrected chi connectivity index (χ1v) is 8.13. The van der Waals surface area contributed by atoms with Crippen LogP contribution in [0.4, 0.5) is 0 Å². The van der Waals surface area contributed by atoms with Crippen LogP contribution in [-0.4, -0.2) is 52.8 Å². The summed E-state index contributed by atoms with van der Waals surface area (Å²) in [5, 5.41) is 8.96. The average Bonchev–Trinajstić information content (AvgIpc) is 2.95. The Morgan fingerprint density at radius 1 is 1.29 bits per heavy atom. The first-order chi connectivity index (χ1) is 11.3. The van der Waals surface area contributed by atoms with Gasteiger partial charge in [0.1, 0.15) is 0 Å². The molecule has 2 amide bonds. The summed E-state index contributed by atoms with van der Waals surface area (Å²) in [7, 11) is 1.59. The number of carboxylic acids is 1. The molecule has 0 aliphatic carbocycles. The van der Waals surface area contributed by atoms with Gasteiger partial charge in [-0.1, -0.05) is 37.3 Å². The summed E-state index contributed by atoms with van der Waals surface area (Å²) in [5.74, 6) is -2.18. The Morgan fingerprint density at radius 3 is 2.50 bits per heavy atom. The zero-order valence-electron chi connectivity index (χ0n) is 14.3. The molecule has 24 heavy (non-hydrogen) atoms. The van der Waals surface area contributed by atoms with E-state index < -0.39 is 17.8 Å². The fourth-order valence-corrected chi connectivity index (χ4v) is 3.07. The Labute approximate surface area is 142 Å². The highest BCUT2D eigenvalue weighted by atomic mass is 16.4. The second kappa shape index (κ2) is 7.47. The van der Waals surface area contributed by atoms with Crippen LogP contribution in [0, 0.1) is 11.8 Å². The van der Waals surface area contributed by atoms with E-state index in [4.69, 9.17) is 5.11 Å². The minimum Gasteiger partial charge on any atom is -0.481 e. The van der Waals surface area contributed by atoms with Crippen molar-refractivity contribution in [1.82, 2.24) is 9.80 Å². The number of carbonyl (C=O) groups is 3. The summed E-state index contributed by atoms with van der Waals surface area (Å²) in [4.78, 5) is 38.9. The first kappa shape index (κ1) is 18.0. The van der Waals surface area contributed by atoms with Gasteiger partial charge in [0.05, 0.1) is 17.9 Å². The van der Waals surface area contributed by atoms with Crippen LogP contribution in [0.2, 0.25) is 0 Å². The number of benzene rings is 1. The molecule has 0 radical (unpaired) electrons. The van der Waals surface area contributed by atoms with Crippen LogP contribution in [0.3, 0.4) is 0 Å². The molecule has 1 aromatic rings. The van der Waals surface area contributed by atoms with Crippen molar-refractivity contribution in [2.45, 2.75) is 26.3 Å². The van der Waals surface area contributed by atoms with Crippen molar-refractivity contribution in [2.24, 2.45) is 11.8 Å². The third-order valence-corrected chi connectivity index (χ3v) is 4.60. The smallest absolute Gasteiger partial charge is 0.308 e. The molecule has 1 aliphatic rings.